The van der Waals surface area contributed by atoms with E-state index in [0.717, 1.165) is 0 Å². The van der Waals surface area contributed by atoms with Crippen molar-refractivity contribution < 1.29 is 0 Å². The predicted molar refractivity (Wildman–Crippen MR) is 67.0 cm³/mol. The second-order valence-electron chi connectivity index (χ2n) is 5.99. The molecule has 78 valence electrons. The molecule has 13 heavy (non-hydrogen) atoms. The van der Waals surface area contributed by atoms with E-state index in [4.69, 9.17) is 0 Å². The minimum absolute atomic E-state index is 0.456. The molecule has 0 spiro atoms. The lowest BCUT2D eigenvalue weighted by atomic mass is 9.77. The highest BCUT2D eigenvalue weighted by Gasteiger charge is 2.52. The van der Waals surface area contributed by atoms with Crippen LogP contribution in [0.1, 0.15) is 47.0 Å². The van der Waals surface area contributed by atoms with Gasteiger partial charge in [0.25, 0.3) is 0 Å². The molecular formula is C11H23BrSi. The van der Waals surface area contributed by atoms with Crippen molar-refractivity contribution in [1.29, 1.82) is 0 Å². The Morgan fingerprint density at radius 2 is 1.77 bits per heavy atom. The fourth-order valence-electron chi connectivity index (χ4n) is 2.63. The van der Waals surface area contributed by atoms with Crippen LogP contribution in [-0.4, -0.2) is 6.69 Å². The Bertz CT molecular complexity index is 193. The Morgan fingerprint density at radius 1 is 1.23 bits per heavy atom. The largest absolute Gasteiger partial charge is 0.133 e. The molecule has 2 unspecified atom stereocenters. The number of hydrogen-bond donors (Lipinski definition) is 0. The van der Waals surface area contributed by atoms with Gasteiger partial charge in [-0.25, -0.2) is 0 Å². The fourth-order valence-corrected chi connectivity index (χ4v) is 9.58. The monoisotopic (exact) mass is 262 g/mol. The maximum atomic E-state index is 4.09. The highest BCUT2D eigenvalue weighted by Crippen LogP contribution is 2.61. The summed E-state index contributed by atoms with van der Waals surface area (Å²) < 4.78 is 0. The SMILES string of the molecule is CC(C)(C)C1(C)CCCC[Si]1(C)Br. The van der Waals surface area contributed by atoms with Gasteiger partial charge in [-0.1, -0.05) is 47.1 Å². The van der Waals surface area contributed by atoms with E-state index in [0.29, 0.717) is 10.5 Å². The summed E-state index contributed by atoms with van der Waals surface area (Å²) in [7, 11) is 0. The van der Waals surface area contributed by atoms with Crippen LogP contribution in [0.2, 0.25) is 17.6 Å². The molecule has 0 bridgehead atoms. The van der Waals surface area contributed by atoms with Gasteiger partial charge in [-0.05, 0) is 22.9 Å². The van der Waals surface area contributed by atoms with Crippen molar-refractivity contribution >= 4 is 22.0 Å². The molecule has 2 heteroatoms. The fraction of sp³-hybridized carbons (Fsp3) is 1.00. The van der Waals surface area contributed by atoms with Gasteiger partial charge in [0.05, 0.1) is 0 Å². The van der Waals surface area contributed by atoms with Crippen molar-refractivity contribution in [3.05, 3.63) is 0 Å². The maximum absolute atomic E-state index is 4.09. The standard InChI is InChI=1S/C11H23BrSi/c1-10(2,3)11(4)8-6-7-9-13(11,5)12/h6-9H2,1-5H3. The van der Waals surface area contributed by atoms with E-state index in [1.54, 1.807) is 0 Å². The molecule has 1 aliphatic heterocycles. The molecule has 0 aromatic heterocycles. The quantitative estimate of drug-likeness (QED) is 0.428. The van der Waals surface area contributed by atoms with E-state index >= 15 is 0 Å². The van der Waals surface area contributed by atoms with E-state index in [-0.39, 0.29) is 0 Å². The molecule has 0 nitrogen and oxygen atoms in total. The molecule has 0 radical (unpaired) electrons. The van der Waals surface area contributed by atoms with E-state index < -0.39 is 6.69 Å². The lowest BCUT2D eigenvalue weighted by Gasteiger charge is -2.53. The topological polar surface area (TPSA) is 0 Å². The van der Waals surface area contributed by atoms with E-state index in [1.807, 2.05) is 0 Å². The molecule has 1 aliphatic rings. The van der Waals surface area contributed by atoms with E-state index in [1.165, 1.54) is 25.3 Å². The first-order valence-corrected chi connectivity index (χ1v) is 10.4. The Kier molecular flexibility index (Phi) is 3.05. The minimum atomic E-state index is -1.17. The second kappa shape index (κ2) is 3.37. The smallest absolute Gasteiger partial charge is 0.126 e. The van der Waals surface area contributed by atoms with Crippen LogP contribution in [0.15, 0.2) is 0 Å². The lowest BCUT2D eigenvalue weighted by Crippen LogP contribution is -2.48. The third-order valence-corrected chi connectivity index (χ3v) is 12.8. The van der Waals surface area contributed by atoms with Crippen molar-refractivity contribution in [2.24, 2.45) is 5.41 Å². The highest BCUT2D eigenvalue weighted by molar-refractivity contribution is 9.26. The molecule has 1 rings (SSSR count). The minimum Gasteiger partial charge on any atom is -0.126 e. The van der Waals surface area contributed by atoms with Gasteiger partial charge in [0.2, 0.25) is 0 Å². The van der Waals surface area contributed by atoms with Crippen LogP contribution < -0.4 is 0 Å². The number of rotatable bonds is 0. The molecule has 0 aromatic rings. The summed E-state index contributed by atoms with van der Waals surface area (Å²) in [6.07, 6.45) is 4.30. The maximum Gasteiger partial charge on any atom is 0.133 e. The normalized spacial score (nSPS) is 42.0. The van der Waals surface area contributed by atoms with E-state index in [2.05, 4.69) is 49.5 Å². The van der Waals surface area contributed by atoms with Gasteiger partial charge >= 0.3 is 0 Å². The Balaban J connectivity index is 2.98. The highest BCUT2D eigenvalue weighted by atomic mass is 79.9. The molecule has 0 aliphatic carbocycles. The van der Waals surface area contributed by atoms with Gasteiger partial charge in [0, 0.05) is 0 Å². The van der Waals surface area contributed by atoms with Crippen molar-refractivity contribution in [1.82, 2.24) is 0 Å². The summed E-state index contributed by atoms with van der Waals surface area (Å²) in [6.45, 7) is 11.1. The summed E-state index contributed by atoms with van der Waals surface area (Å²) in [5.41, 5.74) is 0.456. The molecule has 1 heterocycles. The zero-order valence-corrected chi connectivity index (χ0v) is 12.3. The summed E-state index contributed by atoms with van der Waals surface area (Å²) in [5, 5.41) is 0.568. The van der Waals surface area contributed by atoms with Crippen molar-refractivity contribution in [2.45, 2.75) is 64.6 Å². The van der Waals surface area contributed by atoms with E-state index in [9.17, 15) is 0 Å². The zero-order valence-electron chi connectivity index (χ0n) is 9.71. The van der Waals surface area contributed by atoms with Gasteiger partial charge in [-0.15, -0.1) is 15.3 Å². The second-order valence-corrected chi connectivity index (χ2v) is 15.2. The first-order chi connectivity index (χ1) is 5.71. The Morgan fingerprint density at radius 3 is 2.08 bits per heavy atom. The van der Waals surface area contributed by atoms with Crippen molar-refractivity contribution in [3.8, 4) is 0 Å². The van der Waals surface area contributed by atoms with Crippen LogP contribution in [-0.2, 0) is 0 Å². The Hall–Kier alpha value is 0.697. The van der Waals surface area contributed by atoms with Crippen LogP contribution in [0.3, 0.4) is 0 Å². The number of hydrogen-bond acceptors (Lipinski definition) is 0. The van der Waals surface area contributed by atoms with Gasteiger partial charge in [0.1, 0.15) is 6.69 Å². The molecule has 0 saturated carbocycles. The molecule has 0 amide bonds. The average molecular weight is 263 g/mol. The molecule has 1 fully saturated rings. The predicted octanol–water partition coefficient (Wildman–Crippen LogP) is 4.95. The van der Waals surface area contributed by atoms with Crippen LogP contribution in [0.4, 0.5) is 0 Å². The summed E-state index contributed by atoms with van der Waals surface area (Å²) >= 11 is 4.09. The lowest BCUT2D eigenvalue weighted by molar-refractivity contribution is 0.242. The zero-order chi connectivity index (χ0) is 10.3. The van der Waals surface area contributed by atoms with Gasteiger partial charge in [-0.2, -0.15) is 0 Å². The van der Waals surface area contributed by atoms with Crippen molar-refractivity contribution in [3.63, 3.8) is 0 Å². The van der Waals surface area contributed by atoms with Gasteiger partial charge in [-0.3, -0.25) is 0 Å². The third-order valence-electron chi connectivity index (χ3n) is 4.38. The van der Waals surface area contributed by atoms with Crippen LogP contribution >= 0.6 is 15.3 Å². The van der Waals surface area contributed by atoms with Gasteiger partial charge in [0.15, 0.2) is 0 Å². The first kappa shape index (κ1) is 11.8. The van der Waals surface area contributed by atoms with Crippen molar-refractivity contribution in [2.75, 3.05) is 0 Å². The molecule has 2 atom stereocenters. The Labute approximate surface area is 92.1 Å². The summed E-state index contributed by atoms with van der Waals surface area (Å²) in [4.78, 5) is 0. The first-order valence-electron chi connectivity index (χ1n) is 5.40. The summed E-state index contributed by atoms with van der Waals surface area (Å²) in [5.74, 6) is 0. The number of halogens is 1. The van der Waals surface area contributed by atoms with Crippen LogP contribution in [0.5, 0.6) is 0 Å². The van der Waals surface area contributed by atoms with Crippen LogP contribution in [0.25, 0.3) is 0 Å². The van der Waals surface area contributed by atoms with Crippen LogP contribution in [0, 0.1) is 5.41 Å². The summed E-state index contributed by atoms with van der Waals surface area (Å²) in [6, 6.07) is 1.46. The average Bonchev–Trinajstić information content (AvgIpc) is 1.93. The molecule has 0 N–H and O–H groups in total. The molecular weight excluding hydrogens is 240 g/mol. The third kappa shape index (κ3) is 1.89. The molecule has 1 saturated heterocycles. The van der Waals surface area contributed by atoms with Gasteiger partial charge < -0.3 is 0 Å². The molecule has 0 aromatic carbocycles.